The van der Waals surface area contributed by atoms with Crippen LogP contribution in [0, 0.1) is 0 Å². The van der Waals surface area contributed by atoms with Crippen LogP contribution in [0.5, 0.6) is 5.75 Å². The predicted molar refractivity (Wildman–Crippen MR) is 121 cm³/mol. The van der Waals surface area contributed by atoms with Crippen LogP contribution in [-0.4, -0.2) is 53.5 Å². The van der Waals surface area contributed by atoms with Gasteiger partial charge < -0.3 is 30.3 Å². The number of carbonyl (C=O) groups is 1. The summed E-state index contributed by atoms with van der Waals surface area (Å²) in [5.74, 6) is -0.198. The predicted octanol–water partition coefficient (Wildman–Crippen LogP) is 3.76. The molecular formula is C20H20BrN5O4S. The highest BCUT2D eigenvalue weighted by atomic mass is 79.9. The normalized spacial score (nSPS) is 16.4. The van der Waals surface area contributed by atoms with Gasteiger partial charge in [-0.25, -0.2) is 0 Å². The van der Waals surface area contributed by atoms with Crippen molar-refractivity contribution in [2.45, 2.75) is 18.9 Å². The second kappa shape index (κ2) is 9.18. The molecule has 4 rings (SSSR count). The fourth-order valence-electron chi connectivity index (χ4n) is 3.51. The number of hydrogen-bond acceptors (Lipinski definition) is 8. The molecule has 31 heavy (non-hydrogen) atoms. The van der Waals surface area contributed by atoms with Crippen molar-refractivity contribution in [3.63, 3.8) is 0 Å². The number of para-hydroxylation sites is 2. The number of aliphatic hydroxyl groups is 1. The van der Waals surface area contributed by atoms with Gasteiger partial charge in [0.15, 0.2) is 16.9 Å². The Hall–Kier alpha value is -2.73. The zero-order chi connectivity index (χ0) is 22.0. The van der Waals surface area contributed by atoms with Crippen molar-refractivity contribution >= 4 is 56.0 Å². The SMILES string of the molecule is O=C(c1cccc(Nc2n[s+]([O-])nc2Nc2ccccc2Br)c1O)N1CCC[C@H]1CO. The van der Waals surface area contributed by atoms with E-state index in [1.54, 1.807) is 17.0 Å². The Bertz CT molecular complexity index is 1110. The molecule has 162 valence electrons. The zero-order valence-corrected chi connectivity index (χ0v) is 18.7. The first-order valence-corrected chi connectivity index (χ1v) is 11.5. The van der Waals surface area contributed by atoms with Gasteiger partial charge in [0.25, 0.3) is 5.91 Å². The summed E-state index contributed by atoms with van der Waals surface area (Å²) in [5, 5.41) is 26.2. The monoisotopic (exact) mass is 505 g/mol. The summed E-state index contributed by atoms with van der Waals surface area (Å²) >= 11 is 1.62. The first-order chi connectivity index (χ1) is 15.0. The van der Waals surface area contributed by atoms with Crippen LogP contribution >= 0.6 is 27.1 Å². The second-order valence-electron chi connectivity index (χ2n) is 7.02. The third kappa shape index (κ3) is 4.49. The van der Waals surface area contributed by atoms with Gasteiger partial charge in [0.05, 0.1) is 29.6 Å². The van der Waals surface area contributed by atoms with Crippen LogP contribution in [0.3, 0.4) is 0 Å². The summed E-state index contributed by atoms with van der Waals surface area (Å²) in [6.07, 6.45) is 1.53. The molecule has 0 saturated carbocycles. The molecule has 2 aromatic carbocycles. The molecule has 1 aliphatic heterocycles. The van der Waals surface area contributed by atoms with E-state index < -0.39 is 11.1 Å². The minimum atomic E-state index is -1.81. The van der Waals surface area contributed by atoms with Crippen LogP contribution in [0.25, 0.3) is 0 Å². The second-order valence-corrected chi connectivity index (χ2v) is 8.70. The Balaban J connectivity index is 1.60. The smallest absolute Gasteiger partial charge is 0.258 e. The van der Waals surface area contributed by atoms with Gasteiger partial charge in [0.2, 0.25) is 11.6 Å². The van der Waals surface area contributed by atoms with E-state index in [1.165, 1.54) is 6.07 Å². The molecule has 1 amide bonds. The number of nitrogens with one attached hydrogen (secondary N) is 2. The van der Waals surface area contributed by atoms with E-state index in [4.69, 9.17) is 0 Å². The lowest BCUT2D eigenvalue weighted by Crippen LogP contribution is -2.37. The number of halogens is 1. The molecule has 11 heteroatoms. The third-order valence-corrected chi connectivity index (χ3v) is 6.43. The van der Waals surface area contributed by atoms with Gasteiger partial charge in [-0.2, -0.15) is 0 Å². The maximum atomic E-state index is 12.9. The van der Waals surface area contributed by atoms with Gasteiger partial charge in [0.1, 0.15) is 0 Å². The van der Waals surface area contributed by atoms with Crippen molar-refractivity contribution in [2.75, 3.05) is 23.8 Å². The van der Waals surface area contributed by atoms with Crippen molar-refractivity contribution in [2.24, 2.45) is 0 Å². The minimum Gasteiger partial charge on any atom is -0.546 e. The van der Waals surface area contributed by atoms with Crippen LogP contribution in [0.1, 0.15) is 23.2 Å². The van der Waals surface area contributed by atoms with E-state index in [-0.39, 0.29) is 47.2 Å². The zero-order valence-electron chi connectivity index (χ0n) is 16.3. The Morgan fingerprint density at radius 1 is 1.16 bits per heavy atom. The third-order valence-electron chi connectivity index (χ3n) is 5.06. The van der Waals surface area contributed by atoms with Crippen molar-refractivity contribution in [1.82, 2.24) is 13.6 Å². The number of phenols is 1. The lowest BCUT2D eigenvalue weighted by molar-refractivity contribution is 0.0674. The molecular weight excluding hydrogens is 486 g/mol. The first kappa shape index (κ1) is 21.5. The average molecular weight is 506 g/mol. The van der Waals surface area contributed by atoms with Crippen molar-refractivity contribution in [1.29, 1.82) is 0 Å². The van der Waals surface area contributed by atoms with Gasteiger partial charge >= 0.3 is 0 Å². The highest BCUT2D eigenvalue weighted by Gasteiger charge is 2.31. The highest BCUT2D eigenvalue weighted by Crippen LogP contribution is 2.36. The van der Waals surface area contributed by atoms with E-state index >= 15 is 0 Å². The molecule has 1 saturated heterocycles. The summed E-state index contributed by atoms with van der Waals surface area (Å²) in [6.45, 7) is 0.410. The first-order valence-electron chi connectivity index (χ1n) is 9.60. The fraction of sp³-hybridized carbons (Fsp3) is 0.250. The maximum Gasteiger partial charge on any atom is 0.258 e. The molecule has 2 heterocycles. The Labute approximate surface area is 190 Å². The Morgan fingerprint density at radius 2 is 1.84 bits per heavy atom. The number of anilines is 4. The fourth-order valence-corrected chi connectivity index (χ4v) is 4.51. The van der Waals surface area contributed by atoms with Crippen molar-refractivity contribution in [3.05, 3.63) is 52.5 Å². The van der Waals surface area contributed by atoms with E-state index in [2.05, 4.69) is 35.3 Å². The molecule has 1 fully saturated rings. The lowest BCUT2D eigenvalue weighted by Gasteiger charge is -2.23. The number of phenolic OH excluding ortho intramolecular Hbond substituents is 1. The van der Waals surface area contributed by atoms with E-state index in [1.807, 2.05) is 24.3 Å². The minimum absolute atomic E-state index is 0.113. The molecule has 3 aromatic rings. The number of aromatic hydroxyl groups is 1. The topological polar surface area (TPSA) is 134 Å². The molecule has 1 aromatic heterocycles. The number of aliphatic hydroxyl groups excluding tert-OH is 1. The van der Waals surface area contributed by atoms with Crippen LogP contribution in [0.4, 0.5) is 23.0 Å². The average Bonchev–Trinajstić information content (AvgIpc) is 3.37. The van der Waals surface area contributed by atoms with E-state index in [0.29, 0.717) is 12.2 Å². The molecule has 0 spiro atoms. The molecule has 0 bridgehead atoms. The number of rotatable bonds is 6. The number of carbonyl (C=O) groups excluding carboxylic acids is 1. The van der Waals surface area contributed by atoms with E-state index in [0.717, 1.165) is 17.3 Å². The largest absolute Gasteiger partial charge is 0.546 e. The lowest BCUT2D eigenvalue weighted by atomic mass is 10.1. The summed E-state index contributed by atoms with van der Waals surface area (Å²) in [7, 11) is 0. The number of benzene rings is 2. The van der Waals surface area contributed by atoms with Gasteiger partial charge in [0, 0.05) is 19.8 Å². The van der Waals surface area contributed by atoms with Crippen LogP contribution < -0.4 is 10.6 Å². The Kier molecular flexibility index (Phi) is 6.37. The van der Waals surface area contributed by atoms with Crippen LogP contribution in [0.2, 0.25) is 0 Å². The number of amides is 1. The molecule has 0 radical (unpaired) electrons. The van der Waals surface area contributed by atoms with Gasteiger partial charge in [-0.15, -0.1) is 0 Å². The standard InChI is InChI=1S/C20H20BrN5O4S/c21-14-7-1-2-8-15(14)22-18-19(25-31(30)24-18)23-16-9-3-6-13(17(16)28)20(29)26-10-4-5-12(26)11-27/h1-3,6-9,12,27-28H,4-5,10-11H2,(H,22,24)(H,23,25)/t12-,31?/m0/s1. The highest BCUT2D eigenvalue weighted by molar-refractivity contribution is 9.10. The van der Waals surface area contributed by atoms with E-state index in [9.17, 15) is 19.6 Å². The molecule has 1 aliphatic rings. The molecule has 2 atom stereocenters. The van der Waals surface area contributed by atoms with Gasteiger partial charge in [-0.1, -0.05) is 18.2 Å². The van der Waals surface area contributed by atoms with Crippen molar-refractivity contribution < 1.29 is 19.6 Å². The molecule has 4 N–H and O–H groups in total. The molecule has 0 aliphatic carbocycles. The summed E-state index contributed by atoms with van der Waals surface area (Å²) in [4.78, 5) is 14.5. The number of hydrogen-bond donors (Lipinski definition) is 4. The number of nitrogens with zero attached hydrogens (tertiary/aromatic N) is 3. The van der Waals surface area contributed by atoms with Crippen LogP contribution in [0.15, 0.2) is 46.9 Å². The summed E-state index contributed by atoms with van der Waals surface area (Å²) in [5.41, 5.74) is 1.04. The molecule has 9 nitrogen and oxygen atoms in total. The summed E-state index contributed by atoms with van der Waals surface area (Å²) < 4.78 is 20.7. The van der Waals surface area contributed by atoms with Gasteiger partial charge in [-0.05, 0) is 53.0 Å². The van der Waals surface area contributed by atoms with Crippen LogP contribution in [-0.2, 0) is 0 Å². The Morgan fingerprint density at radius 3 is 2.55 bits per heavy atom. The summed E-state index contributed by atoms with van der Waals surface area (Å²) in [6, 6.07) is 11.8. The maximum absolute atomic E-state index is 12.9. The number of aromatic nitrogens is 2. The van der Waals surface area contributed by atoms with Gasteiger partial charge in [-0.3, -0.25) is 4.79 Å². The van der Waals surface area contributed by atoms with Crippen molar-refractivity contribution in [3.8, 4) is 5.75 Å². The quantitative estimate of drug-likeness (QED) is 0.294. The molecule has 1 unspecified atom stereocenters. The number of likely N-dealkylation sites (tertiary alicyclic amines) is 1.